The first kappa shape index (κ1) is 17.0. The number of hydrogen-bond donors (Lipinski definition) is 4. The van der Waals surface area contributed by atoms with Gasteiger partial charge in [0.05, 0.1) is 6.42 Å². The maximum absolute atomic E-state index is 11.7. The van der Waals surface area contributed by atoms with Crippen LogP contribution < -0.4 is 10.6 Å². The smallest absolute Gasteiger partial charge is 0.326 e. The monoisotopic (exact) mass is 358 g/mol. The lowest BCUT2D eigenvalue weighted by atomic mass is 10.1. The van der Waals surface area contributed by atoms with Crippen molar-refractivity contribution in [2.75, 3.05) is 5.32 Å². The van der Waals surface area contributed by atoms with E-state index in [-0.39, 0.29) is 0 Å². The first-order valence-electron chi connectivity index (χ1n) is 5.99. The molecule has 0 radical (unpaired) electrons. The summed E-state index contributed by atoms with van der Waals surface area (Å²) in [4.78, 5) is 33.1. The molecular formula is C13H15BrN2O5. The van der Waals surface area contributed by atoms with Gasteiger partial charge in [0.2, 0.25) is 0 Å². The van der Waals surface area contributed by atoms with Crippen molar-refractivity contribution in [1.82, 2.24) is 5.32 Å². The van der Waals surface area contributed by atoms with Gasteiger partial charge in [0.1, 0.15) is 6.04 Å². The molecule has 0 aliphatic rings. The number of carbonyl (C=O) groups is 3. The number of benzene rings is 1. The predicted octanol–water partition coefficient (Wildman–Crippen LogP) is 2.12. The Morgan fingerprint density at radius 2 is 1.71 bits per heavy atom. The van der Waals surface area contributed by atoms with E-state index in [9.17, 15) is 14.4 Å². The fourth-order valence-electron chi connectivity index (χ4n) is 1.72. The standard InChI is InChI=1S/C13H15BrN2O5/c1-6-3-8(4-7(2)11(6)14)15-13(21)16-9(12(19)20)5-10(17)18/h3-4,9H,5H2,1-2H3,(H,17,18)(H,19,20)(H2,15,16,21). The molecule has 1 aromatic carbocycles. The van der Waals surface area contributed by atoms with Crippen LogP contribution in [-0.4, -0.2) is 34.2 Å². The van der Waals surface area contributed by atoms with Crippen molar-refractivity contribution < 1.29 is 24.6 Å². The zero-order chi connectivity index (χ0) is 16.2. The second kappa shape index (κ2) is 7.07. The fraction of sp³-hybridized carbons (Fsp3) is 0.308. The highest BCUT2D eigenvalue weighted by Crippen LogP contribution is 2.24. The number of carboxylic acid groups (broad SMARTS) is 2. The molecule has 0 bridgehead atoms. The molecule has 0 fully saturated rings. The van der Waals surface area contributed by atoms with Crippen LogP contribution in [0.3, 0.4) is 0 Å². The molecule has 1 atom stereocenters. The summed E-state index contributed by atoms with van der Waals surface area (Å²) in [6.07, 6.45) is -0.693. The number of urea groups is 1. The number of aliphatic carboxylic acids is 2. The van der Waals surface area contributed by atoms with Gasteiger partial charge in [-0.1, -0.05) is 15.9 Å². The number of rotatable bonds is 5. The molecule has 114 valence electrons. The third-order valence-electron chi connectivity index (χ3n) is 2.68. The van der Waals surface area contributed by atoms with Crippen LogP contribution in [0, 0.1) is 13.8 Å². The van der Waals surface area contributed by atoms with E-state index in [1.165, 1.54) is 0 Å². The summed E-state index contributed by atoms with van der Waals surface area (Å²) in [6.45, 7) is 3.70. The van der Waals surface area contributed by atoms with Gasteiger partial charge < -0.3 is 20.8 Å². The Hall–Kier alpha value is -2.09. The molecule has 1 unspecified atom stereocenters. The largest absolute Gasteiger partial charge is 0.481 e. The van der Waals surface area contributed by atoms with Crippen LogP contribution in [0.4, 0.5) is 10.5 Å². The van der Waals surface area contributed by atoms with Gasteiger partial charge in [0, 0.05) is 10.2 Å². The molecule has 0 heterocycles. The van der Waals surface area contributed by atoms with Crippen LogP contribution >= 0.6 is 15.9 Å². The van der Waals surface area contributed by atoms with E-state index in [1.54, 1.807) is 12.1 Å². The van der Waals surface area contributed by atoms with E-state index >= 15 is 0 Å². The Balaban J connectivity index is 2.76. The van der Waals surface area contributed by atoms with Gasteiger partial charge in [-0.15, -0.1) is 0 Å². The number of amides is 2. The molecule has 0 aromatic heterocycles. The van der Waals surface area contributed by atoms with Crippen LogP contribution in [0.15, 0.2) is 16.6 Å². The van der Waals surface area contributed by atoms with Gasteiger partial charge in [0.25, 0.3) is 0 Å². The van der Waals surface area contributed by atoms with Crippen molar-refractivity contribution in [3.63, 3.8) is 0 Å². The highest BCUT2D eigenvalue weighted by Gasteiger charge is 2.23. The third-order valence-corrected chi connectivity index (χ3v) is 3.93. The quantitative estimate of drug-likeness (QED) is 0.643. The van der Waals surface area contributed by atoms with E-state index in [0.717, 1.165) is 15.6 Å². The number of nitrogens with one attached hydrogen (secondary N) is 2. The van der Waals surface area contributed by atoms with Gasteiger partial charge in [-0.05, 0) is 37.1 Å². The molecule has 0 saturated carbocycles. The van der Waals surface area contributed by atoms with Gasteiger partial charge in [-0.3, -0.25) is 4.79 Å². The topological polar surface area (TPSA) is 116 Å². The van der Waals surface area contributed by atoms with Crippen molar-refractivity contribution in [3.8, 4) is 0 Å². The molecule has 2 amide bonds. The lowest BCUT2D eigenvalue weighted by Gasteiger charge is -2.14. The number of anilines is 1. The average molecular weight is 359 g/mol. The molecule has 0 spiro atoms. The Bertz CT molecular complexity index is 565. The predicted molar refractivity (Wildman–Crippen MR) is 79.4 cm³/mol. The minimum Gasteiger partial charge on any atom is -0.481 e. The van der Waals surface area contributed by atoms with Crippen LogP contribution in [0.25, 0.3) is 0 Å². The van der Waals surface area contributed by atoms with Crippen LogP contribution in [0.2, 0.25) is 0 Å². The maximum atomic E-state index is 11.7. The van der Waals surface area contributed by atoms with Gasteiger partial charge >= 0.3 is 18.0 Å². The van der Waals surface area contributed by atoms with E-state index in [4.69, 9.17) is 10.2 Å². The summed E-state index contributed by atoms with van der Waals surface area (Å²) < 4.78 is 0.919. The normalized spacial score (nSPS) is 11.6. The van der Waals surface area contributed by atoms with E-state index in [0.29, 0.717) is 5.69 Å². The molecule has 4 N–H and O–H groups in total. The second-order valence-corrected chi connectivity index (χ2v) is 5.30. The minimum absolute atomic E-state index is 0.491. The summed E-state index contributed by atoms with van der Waals surface area (Å²) in [5.74, 6) is -2.71. The van der Waals surface area contributed by atoms with Gasteiger partial charge in [-0.2, -0.15) is 0 Å². The van der Waals surface area contributed by atoms with Gasteiger partial charge in [0.15, 0.2) is 0 Å². The fourth-order valence-corrected chi connectivity index (χ4v) is 1.95. The molecule has 0 aliphatic heterocycles. The SMILES string of the molecule is Cc1cc(NC(=O)NC(CC(=O)O)C(=O)O)cc(C)c1Br. The first-order chi connectivity index (χ1) is 9.70. The van der Waals surface area contributed by atoms with Crippen molar-refractivity contribution in [3.05, 3.63) is 27.7 Å². The third kappa shape index (κ3) is 5.07. The Labute approximate surface area is 129 Å². The molecule has 0 saturated heterocycles. The van der Waals surface area contributed by atoms with E-state index in [2.05, 4.69) is 26.6 Å². The Morgan fingerprint density at radius 1 is 1.19 bits per heavy atom. The zero-order valence-corrected chi connectivity index (χ0v) is 13.0. The van der Waals surface area contributed by atoms with E-state index < -0.39 is 30.4 Å². The Kier molecular flexibility index (Phi) is 5.71. The summed E-state index contributed by atoms with van der Waals surface area (Å²) in [7, 11) is 0. The molecule has 1 rings (SSSR count). The Morgan fingerprint density at radius 3 is 2.14 bits per heavy atom. The zero-order valence-electron chi connectivity index (χ0n) is 11.4. The van der Waals surface area contributed by atoms with Crippen molar-refractivity contribution in [2.45, 2.75) is 26.3 Å². The van der Waals surface area contributed by atoms with E-state index in [1.807, 2.05) is 13.8 Å². The summed E-state index contributed by atoms with van der Waals surface area (Å²) in [5.41, 5.74) is 2.31. The molecule has 0 aliphatic carbocycles. The summed E-state index contributed by atoms with van der Waals surface area (Å²) in [6, 6.07) is 1.16. The number of halogens is 1. The average Bonchev–Trinajstić information content (AvgIpc) is 2.34. The minimum atomic E-state index is -1.49. The van der Waals surface area contributed by atoms with Crippen molar-refractivity contribution >= 4 is 39.6 Å². The highest BCUT2D eigenvalue weighted by molar-refractivity contribution is 9.10. The number of carboxylic acids is 2. The van der Waals surface area contributed by atoms with Crippen LogP contribution in [0.1, 0.15) is 17.5 Å². The summed E-state index contributed by atoms with van der Waals surface area (Å²) >= 11 is 3.39. The molecular weight excluding hydrogens is 344 g/mol. The summed E-state index contributed by atoms with van der Waals surface area (Å²) in [5, 5.41) is 22.0. The lowest BCUT2D eigenvalue weighted by Crippen LogP contribution is -2.44. The maximum Gasteiger partial charge on any atom is 0.326 e. The second-order valence-electron chi connectivity index (χ2n) is 4.51. The van der Waals surface area contributed by atoms with Gasteiger partial charge in [-0.25, -0.2) is 9.59 Å². The number of carbonyl (C=O) groups excluding carboxylic acids is 1. The molecule has 8 heteroatoms. The number of aryl methyl sites for hydroxylation is 2. The molecule has 1 aromatic rings. The number of hydrogen-bond acceptors (Lipinski definition) is 3. The van der Waals surface area contributed by atoms with Crippen LogP contribution in [0.5, 0.6) is 0 Å². The van der Waals surface area contributed by atoms with Crippen LogP contribution in [-0.2, 0) is 9.59 Å². The first-order valence-corrected chi connectivity index (χ1v) is 6.79. The molecule has 21 heavy (non-hydrogen) atoms. The van der Waals surface area contributed by atoms with Crippen molar-refractivity contribution in [2.24, 2.45) is 0 Å². The highest BCUT2D eigenvalue weighted by atomic mass is 79.9. The lowest BCUT2D eigenvalue weighted by molar-refractivity contribution is -0.145. The molecule has 7 nitrogen and oxygen atoms in total. The van der Waals surface area contributed by atoms with Crippen molar-refractivity contribution in [1.29, 1.82) is 0 Å².